The second-order valence-corrected chi connectivity index (χ2v) is 6.85. The van der Waals surface area contributed by atoms with Crippen LogP contribution in [0.1, 0.15) is 13.3 Å². The van der Waals surface area contributed by atoms with Crippen molar-refractivity contribution < 1.29 is 14.0 Å². The van der Waals surface area contributed by atoms with Crippen LogP contribution in [0.2, 0.25) is 0 Å². The Morgan fingerprint density at radius 1 is 1.27 bits per heavy atom. The van der Waals surface area contributed by atoms with Crippen molar-refractivity contribution in [2.45, 2.75) is 18.6 Å². The first-order valence-electron chi connectivity index (χ1n) is 8.24. The van der Waals surface area contributed by atoms with Gasteiger partial charge in [0.05, 0.1) is 5.69 Å². The van der Waals surface area contributed by atoms with Crippen molar-refractivity contribution in [1.82, 2.24) is 4.90 Å². The van der Waals surface area contributed by atoms with Crippen molar-refractivity contribution in [2.75, 3.05) is 11.9 Å². The summed E-state index contributed by atoms with van der Waals surface area (Å²) < 4.78 is 13.4. The molecule has 26 heavy (non-hydrogen) atoms. The molecule has 7 heteroatoms. The molecule has 3 rings (SSSR count). The molecule has 134 valence electrons. The molecule has 0 aliphatic carbocycles. The molecule has 1 heterocycles. The third-order valence-electron chi connectivity index (χ3n) is 3.82. The van der Waals surface area contributed by atoms with Gasteiger partial charge in [0.25, 0.3) is 0 Å². The zero-order valence-electron chi connectivity index (χ0n) is 14.2. The first kappa shape index (κ1) is 18.1. The predicted molar refractivity (Wildman–Crippen MR) is 102 cm³/mol. The molecule has 1 fully saturated rings. The van der Waals surface area contributed by atoms with Gasteiger partial charge in [0, 0.05) is 18.7 Å². The number of para-hydroxylation sites is 1. The number of nitrogens with zero attached hydrogens (tertiary/aromatic N) is 2. The highest BCUT2D eigenvalue weighted by atomic mass is 32.2. The van der Waals surface area contributed by atoms with Crippen LogP contribution in [0.4, 0.5) is 15.8 Å². The summed E-state index contributed by atoms with van der Waals surface area (Å²) in [7, 11) is 0. The maximum absolute atomic E-state index is 13.4. The molecule has 2 aromatic rings. The Bertz CT molecular complexity index is 842. The second-order valence-electron chi connectivity index (χ2n) is 5.68. The summed E-state index contributed by atoms with van der Waals surface area (Å²) in [4.78, 5) is 30.9. The standard InChI is InChI=1S/C19H18FN3O2S/c1-2-23-17(24)12-16(18(25)21-14-8-4-3-5-9-14)26-19(23)22-15-10-6-7-13(20)11-15/h3-11,16H,2,12H2,1H3,(H,21,25). The minimum atomic E-state index is -0.585. The Balaban J connectivity index is 1.81. The zero-order valence-corrected chi connectivity index (χ0v) is 15.0. The number of hydrogen-bond acceptors (Lipinski definition) is 4. The van der Waals surface area contributed by atoms with E-state index < -0.39 is 11.1 Å². The van der Waals surface area contributed by atoms with Crippen LogP contribution in [-0.4, -0.2) is 33.7 Å². The molecule has 5 nitrogen and oxygen atoms in total. The Morgan fingerprint density at radius 2 is 2.04 bits per heavy atom. The summed E-state index contributed by atoms with van der Waals surface area (Å²) in [5, 5.41) is 2.63. The fourth-order valence-corrected chi connectivity index (χ4v) is 3.72. The van der Waals surface area contributed by atoms with Crippen LogP contribution in [0, 0.1) is 5.82 Å². The van der Waals surface area contributed by atoms with Gasteiger partial charge in [-0.05, 0) is 37.3 Å². The van der Waals surface area contributed by atoms with Crippen molar-refractivity contribution in [3.8, 4) is 0 Å². The molecule has 0 aromatic heterocycles. The number of rotatable bonds is 4. The molecule has 2 aromatic carbocycles. The van der Waals surface area contributed by atoms with Gasteiger partial charge in [-0.25, -0.2) is 9.38 Å². The van der Waals surface area contributed by atoms with E-state index in [0.29, 0.717) is 23.1 Å². The van der Waals surface area contributed by atoms with Crippen molar-refractivity contribution in [2.24, 2.45) is 4.99 Å². The summed E-state index contributed by atoms with van der Waals surface area (Å²) in [6.07, 6.45) is 0.0966. The van der Waals surface area contributed by atoms with Gasteiger partial charge < -0.3 is 5.32 Å². The first-order chi connectivity index (χ1) is 12.6. The Morgan fingerprint density at radius 3 is 2.73 bits per heavy atom. The normalized spacial score (nSPS) is 18.8. The third kappa shape index (κ3) is 4.29. The number of anilines is 1. The zero-order chi connectivity index (χ0) is 18.5. The van der Waals surface area contributed by atoms with E-state index in [0.717, 1.165) is 0 Å². The van der Waals surface area contributed by atoms with Gasteiger partial charge in [-0.3, -0.25) is 14.5 Å². The monoisotopic (exact) mass is 371 g/mol. The molecular formula is C19H18FN3O2S. The number of thioether (sulfide) groups is 1. The van der Waals surface area contributed by atoms with Crippen LogP contribution in [0.15, 0.2) is 59.6 Å². The fraction of sp³-hybridized carbons (Fsp3) is 0.211. The van der Waals surface area contributed by atoms with Gasteiger partial charge in [0.1, 0.15) is 11.1 Å². The van der Waals surface area contributed by atoms with E-state index >= 15 is 0 Å². The Hall–Kier alpha value is -2.67. The average Bonchev–Trinajstić information content (AvgIpc) is 2.62. The van der Waals surface area contributed by atoms with Gasteiger partial charge in [-0.2, -0.15) is 0 Å². The lowest BCUT2D eigenvalue weighted by Crippen LogP contribution is -2.45. The number of aliphatic imine (C=N–C) groups is 1. The molecule has 1 aliphatic heterocycles. The number of hydrogen-bond donors (Lipinski definition) is 1. The summed E-state index contributed by atoms with van der Waals surface area (Å²) in [6, 6.07) is 14.9. The van der Waals surface area contributed by atoms with Crippen molar-refractivity contribution in [1.29, 1.82) is 0 Å². The van der Waals surface area contributed by atoms with Gasteiger partial charge in [0.2, 0.25) is 11.8 Å². The highest BCUT2D eigenvalue weighted by molar-refractivity contribution is 8.15. The SMILES string of the molecule is CCN1C(=O)CC(C(=O)Nc2ccccc2)SC1=Nc1cccc(F)c1. The largest absolute Gasteiger partial charge is 0.325 e. The summed E-state index contributed by atoms with van der Waals surface area (Å²) in [6.45, 7) is 2.27. The number of nitrogens with one attached hydrogen (secondary N) is 1. The van der Waals surface area contributed by atoms with Crippen LogP contribution < -0.4 is 5.32 Å². The molecule has 0 radical (unpaired) electrons. The number of carbonyl (C=O) groups is 2. The topological polar surface area (TPSA) is 61.8 Å². The molecule has 1 N–H and O–H groups in total. The van der Waals surface area contributed by atoms with E-state index in [1.54, 1.807) is 24.3 Å². The predicted octanol–water partition coefficient (Wildman–Crippen LogP) is 3.81. The maximum atomic E-state index is 13.4. The van der Waals surface area contributed by atoms with Gasteiger partial charge in [-0.15, -0.1) is 0 Å². The van der Waals surface area contributed by atoms with Gasteiger partial charge >= 0.3 is 0 Å². The molecule has 1 aliphatic rings. The van der Waals surface area contributed by atoms with Crippen molar-refractivity contribution >= 4 is 40.1 Å². The minimum Gasteiger partial charge on any atom is -0.325 e. The molecule has 0 spiro atoms. The molecule has 0 saturated carbocycles. The van der Waals surface area contributed by atoms with Crippen molar-refractivity contribution in [3.05, 3.63) is 60.4 Å². The summed E-state index contributed by atoms with van der Waals surface area (Å²) in [5.74, 6) is -0.827. The number of halogens is 1. The number of carbonyl (C=O) groups excluding carboxylic acids is 2. The third-order valence-corrected chi connectivity index (χ3v) is 5.01. The van der Waals surface area contributed by atoms with E-state index in [-0.39, 0.29) is 18.2 Å². The average molecular weight is 371 g/mol. The van der Waals surface area contributed by atoms with Crippen molar-refractivity contribution in [3.63, 3.8) is 0 Å². The van der Waals surface area contributed by atoms with Gasteiger partial charge in [0.15, 0.2) is 5.17 Å². The van der Waals surface area contributed by atoms with Crippen LogP contribution >= 0.6 is 11.8 Å². The Kier molecular flexibility index (Phi) is 5.68. The molecule has 1 saturated heterocycles. The van der Waals surface area contributed by atoms with Crippen LogP contribution in [0.3, 0.4) is 0 Å². The smallest absolute Gasteiger partial charge is 0.238 e. The highest BCUT2D eigenvalue weighted by Gasteiger charge is 2.35. The molecule has 1 atom stereocenters. The minimum absolute atomic E-state index is 0.0966. The second kappa shape index (κ2) is 8.14. The summed E-state index contributed by atoms with van der Waals surface area (Å²) in [5.41, 5.74) is 1.08. The van der Waals surface area contributed by atoms with E-state index in [1.807, 2.05) is 25.1 Å². The number of amidine groups is 1. The quantitative estimate of drug-likeness (QED) is 0.889. The molecule has 1 unspecified atom stereocenters. The lowest BCUT2D eigenvalue weighted by atomic mass is 10.2. The van der Waals surface area contributed by atoms with E-state index in [9.17, 15) is 14.0 Å². The Labute approximate surface area is 155 Å². The highest BCUT2D eigenvalue weighted by Crippen LogP contribution is 2.29. The van der Waals surface area contributed by atoms with E-state index in [2.05, 4.69) is 10.3 Å². The van der Waals surface area contributed by atoms with E-state index in [1.165, 1.54) is 28.8 Å². The lowest BCUT2D eigenvalue weighted by molar-refractivity contribution is -0.129. The number of benzene rings is 2. The van der Waals surface area contributed by atoms with E-state index in [4.69, 9.17) is 0 Å². The summed E-state index contributed by atoms with van der Waals surface area (Å²) >= 11 is 1.22. The maximum Gasteiger partial charge on any atom is 0.238 e. The van der Waals surface area contributed by atoms with Crippen LogP contribution in [0.25, 0.3) is 0 Å². The molecule has 0 bridgehead atoms. The molecular weight excluding hydrogens is 353 g/mol. The van der Waals surface area contributed by atoms with Crippen LogP contribution in [0.5, 0.6) is 0 Å². The molecule has 2 amide bonds. The lowest BCUT2D eigenvalue weighted by Gasteiger charge is -2.30. The number of amides is 2. The van der Waals surface area contributed by atoms with Crippen LogP contribution in [-0.2, 0) is 9.59 Å². The fourth-order valence-electron chi connectivity index (χ4n) is 2.55. The first-order valence-corrected chi connectivity index (χ1v) is 9.12. The van der Waals surface area contributed by atoms with Gasteiger partial charge in [-0.1, -0.05) is 36.0 Å².